The third-order valence-corrected chi connectivity index (χ3v) is 3.63. The van der Waals surface area contributed by atoms with Gasteiger partial charge in [-0.2, -0.15) is 0 Å². The predicted molar refractivity (Wildman–Crippen MR) is 65.2 cm³/mol. The largest absolute Gasteiger partial charge is 0.353 e. The lowest BCUT2D eigenvalue weighted by Gasteiger charge is -2.21. The summed E-state index contributed by atoms with van der Waals surface area (Å²) in [6.45, 7) is 1.95. The van der Waals surface area contributed by atoms with Crippen LogP contribution in [0.5, 0.6) is 0 Å². The van der Waals surface area contributed by atoms with E-state index in [9.17, 15) is 4.79 Å². The molecular formula is C13H24N2O. The van der Waals surface area contributed by atoms with Gasteiger partial charge in [0.25, 0.3) is 0 Å². The zero-order valence-electron chi connectivity index (χ0n) is 10.1. The first-order chi connectivity index (χ1) is 7.84. The van der Waals surface area contributed by atoms with Gasteiger partial charge in [-0.05, 0) is 38.1 Å². The second-order valence-electron chi connectivity index (χ2n) is 5.30. The van der Waals surface area contributed by atoms with Crippen LogP contribution in [0.25, 0.3) is 0 Å². The van der Waals surface area contributed by atoms with E-state index < -0.39 is 0 Å². The fraction of sp³-hybridized carbons (Fsp3) is 0.923. The molecule has 2 rings (SSSR count). The van der Waals surface area contributed by atoms with Crippen LogP contribution in [0.3, 0.4) is 0 Å². The van der Waals surface area contributed by atoms with Gasteiger partial charge in [0, 0.05) is 19.0 Å². The summed E-state index contributed by atoms with van der Waals surface area (Å²) in [6.07, 6.45) is 9.97. The molecule has 16 heavy (non-hydrogen) atoms. The lowest BCUT2D eigenvalue weighted by Crippen LogP contribution is -2.31. The molecule has 0 saturated heterocycles. The van der Waals surface area contributed by atoms with Crippen molar-refractivity contribution in [1.29, 1.82) is 0 Å². The lowest BCUT2D eigenvalue weighted by molar-refractivity contribution is -0.121. The summed E-state index contributed by atoms with van der Waals surface area (Å²) in [7, 11) is 0. The maximum Gasteiger partial charge on any atom is 0.221 e. The van der Waals surface area contributed by atoms with Crippen molar-refractivity contribution >= 4 is 5.91 Å². The Balaban J connectivity index is 1.45. The van der Waals surface area contributed by atoms with Gasteiger partial charge in [-0.1, -0.05) is 19.3 Å². The van der Waals surface area contributed by atoms with Crippen LogP contribution in [0.15, 0.2) is 0 Å². The average molecular weight is 224 g/mol. The average Bonchev–Trinajstić information content (AvgIpc) is 3.10. The van der Waals surface area contributed by atoms with Crippen molar-refractivity contribution < 1.29 is 4.79 Å². The van der Waals surface area contributed by atoms with Gasteiger partial charge in [0.15, 0.2) is 0 Å². The number of carbonyl (C=O) groups excluding carboxylic acids is 1. The van der Waals surface area contributed by atoms with Crippen LogP contribution in [-0.2, 0) is 4.79 Å². The summed E-state index contributed by atoms with van der Waals surface area (Å²) in [5.74, 6) is 1.08. The molecule has 0 aromatic heterocycles. The molecule has 0 aromatic rings. The van der Waals surface area contributed by atoms with Crippen molar-refractivity contribution in [1.82, 2.24) is 10.6 Å². The molecule has 0 aromatic carbocycles. The topological polar surface area (TPSA) is 41.1 Å². The van der Waals surface area contributed by atoms with Crippen molar-refractivity contribution in [2.24, 2.45) is 5.92 Å². The highest BCUT2D eigenvalue weighted by molar-refractivity contribution is 5.76. The first-order valence-corrected chi connectivity index (χ1v) is 6.84. The first kappa shape index (κ1) is 11.9. The molecule has 0 heterocycles. The molecule has 0 spiro atoms. The van der Waals surface area contributed by atoms with E-state index in [1.807, 2.05) is 0 Å². The monoisotopic (exact) mass is 224 g/mol. The van der Waals surface area contributed by atoms with E-state index in [0.29, 0.717) is 12.5 Å². The van der Waals surface area contributed by atoms with Gasteiger partial charge in [0.1, 0.15) is 0 Å². The second-order valence-corrected chi connectivity index (χ2v) is 5.30. The number of carbonyl (C=O) groups is 1. The van der Waals surface area contributed by atoms with Crippen molar-refractivity contribution in [3.63, 3.8) is 0 Å². The molecule has 2 saturated carbocycles. The molecule has 0 atom stereocenters. The fourth-order valence-corrected chi connectivity index (χ4v) is 2.43. The lowest BCUT2D eigenvalue weighted by atomic mass is 9.89. The van der Waals surface area contributed by atoms with E-state index in [1.165, 1.54) is 44.9 Å². The van der Waals surface area contributed by atoms with Crippen LogP contribution >= 0.6 is 0 Å². The van der Waals surface area contributed by atoms with Gasteiger partial charge < -0.3 is 10.6 Å². The Bertz CT molecular complexity index is 220. The van der Waals surface area contributed by atoms with Crippen molar-refractivity contribution in [3.05, 3.63) is 0 Å². The van der Waals surface area contributed by atoms with E-state index in [0.717, 1.165) is 19.0 Å². The highest BCUT2D eigenvalue weighted by atomic mass is 16.1. The number of amides is 1. The molecule has 0 radical (unpaired) electrons. The molecular weight excluding hydrogens is 200 g/mol. The Labute approximate surface area is 98.4 Å². The number of hydrogen-bond acceptors (Lipinski definition) is 2. The summed E-state index contributed by atoms with van der Waals surface area (Å²) >= 11 is 0. The van der Waals surface area contributed by atoms with E-state index in [1.54, 1.807) is 0 Å². The summed E-state index contributed by atoms with van der Waals surface area (Å²) in [5.41, 5.74) is 0. The van der Waals surface area contributed by atoms with E-state index >= 15 is 0 Å². The van der Waals surface area contributed by atoms with Crippen LogP contribution in [0.1, 0.15) is 51.4 Å². The molecule has 2 N–H and O–H groups in total. The Morgan fingerprint density at radius 3 is 2.50 bits per heavy atom. The Kier molecular flexibility index (Phi) is 4.64. The molecule has 0 bridgehead atoms. The number of rotatable bonds is 6. The Morgan fingerprint density at radius 2 is 1.81 bits per heavy atom. The smallest absolute Gasteiger partial charge is 0.221 e. The third kappa shape index (κ3) is 4.52. The zero-order chi connectivity index (χ0) is 11.2. The maximum atomic E-state index is 11.4. The van der Waals surface area contributed by atoms with Crippen LogP contribution in [0.4, 0.5) is 0 Å². The molecule has 3 heteroatoms. The minimum Gasteiger partial charge on any atom is -0.353 e. The molecule has 0 unspecified atom stereocenters. The maximum absolute atomic E-state index is 11.4. The van der Waals surface area contributed by atoms with E-state index in [-0.39, 0.29) is 5.91 Å². The number of hydrogen-bond donors (Lipinski definition) is 2. The van der Waals surface area contributed by atoms with E-state index in [2.05, 4.69) is 10.6 Å². The zero-order valence-corrected chi connectivity index (χ0v) is 10.1. The van der Waals surface area contributed by atoms with Gasteiger partial charge in [-0.25, -0.2) is 0 Å². The minimum atomic E-state index is 0.221. The van der Waals surface area contributed by atoms with E-state index in [4.69, 9.17) is 0 Å². The molecule has 92 valence electrons. The van der Waals surface area contributed by atoms with Gasteiger partial charge in [-0.15, -0.1) is 0 Å². The molecule has 1 amide bonds. The SMILES string of the molecule is O=C(CCNCC1CCCCC1)NC1CC1. The number of nitrogens with one attached hydrogen (secondary N) is 2. The second kappa shape index (κ2) is 6.24. The normalized spacial score (nSPS) is 22.0. The quantitative estimate of drug-likeness (QED) is 0.676. The van der Waals surface area contributed by atoms with Crippen molar-refractivity contribution in [3.8, 4) is 0 Å². The molecule has 2 aliphatic rings. The van der Waals surface area contributed by atoms with Crippen molar-refractivity contribution in [2.45, 2.75) is 57.4 Å². The highest BCUT2D eigenvalue weighted by Gasteiger charge is 2.22. The summed E-state index contributed by atoms with van der Waals surface area (Å²) < 4.78 is 0. The Hall–Kier alpha value is -0.570. The first-order valence-electron chi connectivity index (χ1n) is 6.84. The third-order valence-electron chi connectivity index (χ3n) is 3.63. The van der Waals surface area contributed by atoms with Crippen molar-refractivity contribution in [2.75, 3.05) is 13.1 Å². The van der Waals surface area contributed by atoms with Crippen LogP contribution in [0, 0.1) is 5.92 Å². The summed E-state index contributed by atoms with van der Waals surface area (Å²) in [6, 6.07) is 0.505. The molecule has 2 fully saturated rings. The van der Waals surface area contributed by atoms with Gasteiger partial charge in [-0.3, -0.25) is 4.79 Å². The van der Waals surface area contributed by atoms with Crippen LogP contribution in [-0.4, -0.2) is 25.0 Å². The van der Waals surface area contributed by atoms with Gasteiger partial charge in [0.05, 0.1) is 0 Å². The standard InChI is InChI=1S/C13H24N2O/c16-13(15-12-6-7-12)8-9-14-10-11-4-2-1-3-5-11/h11-12,14H,1-10H2,(H,15,16). The molecule has 3 nitrogen and oxygen atoms in total. The summed E-state index contributed by atoms with van der Waals surface area (Å²) in [4.78, 5) is 11.4. The van der Waals surface area contributed by atoms with Gasteiger partial charge in [0.2, 0.25) is 5.91 Å². The van der Waals surface area contributed by atoms with Gasteiger partial charge >= 0.3 is 0 Å². The minimum absolute atomic E-state index is 0.221. The Morgan fingerprint density at radius 1 is 1.06 bits per heavy atom. The highest BCUT2D eigenvalue weighted by Crippen LogP contribution is 2.22. The molecule has 2 aliphatic carbocycles. The fourth-order valence-electron chi connectivity index (χ4n) is 2.43. The molecule has 0 aliphatic heterocycles. The van der Waals surface area contributed by atoms with Crippen LogP contribution < -0.4 is 10.6 Å². The van der Waals surface area contributed by atoms with Crippen LogP contribution in [0.2, 0.25) is 0 Å². The predicted octanol–water partition coefficient (Wildman–Crippen LogP) is 1.82. The summed E-state index contributed by atoms with van der Waals surface area (Å²) in [5, 5.41) is 6.43.